The Morgan fingerprint density at radius 1 is 1.21 bits per heavy atom. The second-order valence-electron chi connectivity index (χ2n) is 6.31. The summed E-state index contributed by atoms with van der Waals surface area (Å²) in [4.78, 5) is 2.71. The molecule has 0 saturated carbocycles. The average Bonchev–Trinajstić information content (AvgIpc) is 3.03. The van der Waals surface area contributed by atoms with Gasteiger partial charge in [0.15, 0.2) is 0 Å². The molecule has 0 aliphatic carbocycles. The van der Waals surface area contributed by atoms with Gasteiger partial charge in [-0.2, -0.15) is 0 Å². The van der Waals surface area contributed by atoms with Crippen molar-refractivity contribution in [3.05, 3.63) is 34.9 Å². The summed E-state index contributed by atoms with van der Waals surface area (Å²) in [5.41, 5.74) is 4.34. The molecule has 1 aromatic rings. The fourth-order valence-corrected chi connectivity index (χ4v) is 3.73. The van der Waals surface area contributed by atoms with Gasteiger partial charge in [0.2, 0.25) is 0 Å². The van der Waals surface area contributed by atoms with Gasteiger partial charge in [-0.15, -0.1) is 0 Å². The monoisotopic (exact) mass is 258 g/mol. The molecule has 1 aromatic carbocycles. The first kappa shape index (κ1) is 13.1. The van der Waals surface area contributed by atoms with Crippen molar-refractivity contribution in [3.8, 4) is 0 Å². The molecule has 0 amide bonds. The fourth-order valence-electron chi connectivity index (χ4n) is 3.73. The Hall–Kier alpha value is -0.860. The zero-order chi connectivity index (χ0) is 13.2. The molecule has 2 aliphatic heterocycles. The van der Waals surface area contributed by atoms with Crippen molar-refractivity contribution < 1.29 is 0 Å². The summed E-state index contributed by atoms with van der Waals surface area (Å²) in [5.74, 6) is 0. The summed E-state index contributed by atoms with van der Waals surface area (Å²) in [6, 6.07) is 8.37. The quantitative estimate of drug-likeness (QED) is 0.896. The van der Waals surface area contributed by atoms with Crippen LogP contribution in [0.1, 0.15) is 42.4 Å². The Balaban J connectivity index is 1.72. The third kappa shape index (κ3) is 2.85. The van der Waals surface area contributed by atoms with Gasteiger partial charge in [0.05, 0.1) is 0 Å². The standard InChI is InChI=1S/C17H26N2/c1-13-7-8-14(2)15(11-13)12-19-10-4-6-17(19)16-5-3-9-18-16/h7-8,11,16-18H,3-6,9-10,12H2,1-2H3. The summed E-state index contributed by atoms with van der Waals surface area (Å²) in [6.07, 6.45) is 5.47. The number of rotatable bonds is 3. The average molecular weight is 258 g/mol. The summed E-state index contributed by atoms with van der Waals surface area (Å²) in [6.45, 7) is 8.07. The Labute approximate surface area is 117 Å². The van der Waals surface area contributed by atoms with Crippen LogP contribution in [0.2, 0.25) is 0 Å². The minimum atomic E-state index is 0.743. The molecule has 0 radical (unpaired) electrons. The maximum absolute atomic E-state index is 3.70. The van der Waals surface area contributed by atoms with Gasteiger partial charge in [0.25, 0.3) is 0 Å². The lowest BCUT2D eigenvalue weighted by atomic mass is 10.0. The molecule has 2 heterocycles. The predicted molar refractivity (Wildman–Crippen MR) is 80.4 cm³/mol. The van der Waals surface area contributed by atoms with Crippen molar-refractivity contribution >= 4 is 0 Å². The van der Waals surface area contributed by atoms with Gasteiger partial charge in [-0.25, -0.2) is 0 Å². The molecule has 104 valence electrons. The van der Waals surface area contributed by atoms with Crippen LogP contribution >= 0.6 is 0 Å². The van der Waals surface area contributed by atoms with E-state index in [1.165, 1.54) is 55.5 Å². The first-order chi connectivity index (χ1) is 9.24. The van der Waals surface area contributed by atoms with Crippen LogP contribution in [0.3, 0.4) is 0 Å². The van der Waals surface area contributed by atoms with Crippen LogP contribution in [-0.4, -0.2) is 30.1 Å². The van der Waals surface area contributed by atoms with E-state index in [0.29, 0.717) is 0 Å². The minimum absolute atomic E-state index is 0.743. The molecule has 0 spiro atoms. The Kier molecular flexibility index (Phi) is 3.90. The Morgan fingerprint density at radius 2 is 2.11 bits per heavy atom. The van der Waals surface area contributed by atoms with E-state index in [9.17, 15) is 0 Å². The van der Waals surface area contributed by atoms with Gasteiger partial charge in [-0.3, -0.25) is 4.90 Å². The summed E-state index contributed by atoms with van der Waals surface area (Å²) in [5, 5.41) is 3.70. The van der Waals surface area contributed by atoms with Gasteiger partial charge >= 0.3 is 0 Å². The highest BCUT2D eigenvalue weighted by Gasteiger charge is 2.33. The maximum atomic E-state index is 3.70. The second-order valence-corrected chi connectivity index (χ2v) is 6.31. The summed E-state index contributed by atoms with van der Waals surface area (Å²) >= 11 is 0. The molecule has 19 heavy (non-hydrogen) atoms. The lowest BCUT2D eigenvalue weighted by molar-refractivity contribution is 0.206. The van der Waals surface area contributed by atoms with E-state index in [0.717, 1.165) is 18.6 Å². The molecule has 3 rings (SSSR count). The van der Waals surface area contributed by atoms with E-state index in [1.807, 2.05) is 0 Å². The Bertz CT molecular complexity index is 435. The van der Waals surface area contributed by atoms with Crippen molar-refractivity contribution in [1.29, 1.82) is 0 Å². The largest absolute Gasteiger partial charge is 0.312 e. The number of benzene rings is 1. The van der Waals surface area contributed by atoms with Crippen molar-refractivity contribution in [2.24, 2.45) is 0 Å². The van der Waals surface area contributed by atoms with Crippen molar-refractivity contribution in [1.82, 2.24) is 10.2 Å². The third-order valence-corrected chi connectivity index (χ3v) is 4.86. The fraction of sp³-hybridized carbons (Fsp3) is 0.647. The van der Waals surface area contributed by atoms with E-state index in [2.05, 4.69) is 42.3 Å². The van der Waals surface area contributed by atoms with Gasteiger partial charge in [0, 0.05) is 18.6 Å². The highest BCUT2D eigenvalue weighted by molar-refractivity contribution is 5.30. The van der Waals surface area contributed by atoms with Crippen LogP contribution in [0.25, 0.3) is 0 Å². The number of hydrogen-bond acceptors (Lipinski definition) is 2. The number of nitrogens with zero attached hydrogens (tertiary/aromatic N) is 1. The molecule has 2 atom stereocenters. The minimum Gasteiger partial charge on any atom is -0.312 e. The van der Waals surface area contributed by atoms with Gasteiger partial charge in [0.1, 0.15) is 0 Å². The number of hydrogen-bond donors (Lipinski definition) is 1. The van der Waals surface area contributed by atoms with Crippen LogP contribution < -0.4 is 5.32 Å². The highest BCUT2D eigenvalue weighted by atomic mass is 15.2. The zero-order valence-electron chi connectivity index (χ0n) is 12.3. The maximum Gasteiger partial charge on any atom is 0.0253 e. The number of nitrogens with one attached hydrogen (secondary N) is 1. The van der Waals surface area contributed by atoms with Crippen molar-refractivity contribution in [2.75, 3.05) is 13.1 Å². The van der Waals surface area contributed by atoms with E-state index in [4.69, 9.17) is 0 Å². The van der Waals surface area contributed by atoms with E-state index in [-0.39, 0.29) is 0 Å². The molecule has 0 bridgehead atoms. The molecular weight excluding hydrogens is 232 g/mol. The molecule has 2 nitrogen and oxygen atoms in total. The van der Waals surface area contributed by atoms with Crippen LogP contribution in [0.4, 0.5) is 0 Å². The Morgan fingerprint density at radius 3 is 2.89 bits per heavy atom. The third-order valence-electron chi connectivity index (χ3n) is 4.86. The molecule has 2 unspecified atom stereocenters. The SMILES string of the molecule is Cc1ccc(C)c(CN2CCCC2C2CCCN2)c1. The second kappa shape index (κ2) is 5.64. The molecule has 1 N–H and O–H groups in total. The molecule has 2 aliphatic rings. The van der Waals surface area contributed by atoms with Crippen LogP contribution in [0, 0.1) is 13.8 Å². The van der Waals surface area contributed by atoms with E-state index < -0.39 is 0 Å². The van der Waals surface area contributed by atoms with Gasteiger partial charge < -0.3 is 5.32 Å². The first-order valence-electron chi connectivity index (χ1n) is 7.77. The highest BCUT2D eigenvalue weighted by Crippen LogP contribution is 2.27. The number of aryl methyl sites for hydroxylation is 2. The molecule has 2 heteroatoms. The number of likely N-dealkylation sites (tertiary alicyclic amines) is 1. The predicted octanol–water partition coefficient (Wildman–Crippen LogP) is 3.02. The van der Waals surface area contributed by atoms with Gasteiger partial charge in [-0.05, 0) is 63.7 Å². The summed E-state index contributed by atoms with van der Waals surface area (Å²) in [7, 11) is 0. The molecule has 0 aromatic heterocycles. The molecule has 2 saturated heterocycles. The first-order valence-corrected chi connectivity index (χ1v) is 7.77. The summed E-state index contributed by atoms with van der Waals surface area (Å²) < 4.78 is 0. The van der Waals surface area contributed by atoms with Crippen LogP contribution in [-0.2, 0) is 6.54 Å². The van der Waals surface area contributed by atoms with Gasteiger partial charge in [-0.1, -0.05) is 23.8 Å². The van der Waals surface area contributed by atoms with Crippen molar-refractivity contribution in [3.63, 3.8) is 0 Å². The van der Waals surface area contributed by atoms with E-state index >= 15 is 0 Å². The topological polar surface area (TPSA) is 15.3 Å². The smallest absolute Gasteiger partial charge is 0.0253 e. The molecule has 2 fully saturated rings. The lowest BCUT2D eigenvalue weighted by Gasteiger charge is -2.30. The van der Waals surface area contributed by atoms with Crippen molar-refractivity contribution in [2.45, 2.75) is 58.2 Å². The van der Waals surface area contributed by atoms with Crippen LogP contribution in [0.15, 0.2) is 18.2 Å². The van der Waals surface area contributed by atoms with Crippen LogP contribution in [0.5, 0.6) is 0 Å². The normalized spacial score (nSPS) is 28.1. The zero-order valence-corrected chi connectivity index (χ0v) is 12.3. The lowest BCUT2D eigenvalue weighted by Crippen LogP contribution is -2.43. The van der Waals surface area contributed by atoms with E-state index in [1.54, 1.807) is 0 Å². The molecular formula is C17H26N2.